The lowest BCUT2D eigenvalue weighted by Gasteiger charge is -1.99. The molecule has 0 aliphatic rings. The largest absolute Gasteiger partial charge is 0.480 e. The molecule has 2 aromatic rings. The van der Waals surface area contributed by atoms with Gasteiger partial charge in [-0.2, -0.15) is 0 Å². The molecule has 0 spiro atoms. The van der Waals surface area contributed by atoms with Gasteiger partial charge < -0.3 is 10.5 Å². The van der Waals surface area contributed by atoms with E-state index in [1.807, 2.05) is 6.92 Å². The van der Waals surface area contributed by atoms with Crippen LogP contribution in [0, 0.1) is 6.92 Å². The van der Waals surface area contributed by atoms with Crippen molar-refractivity contribution < 1.29 is 4.74 Å². The maximum absolute atomic E-state index is 5.78. The van der Waals surface area contributed by atoms with Gasteiger partial charge in [0.15, 0.2) is 5.65 Å². The van der Waals surface area contributed by atoms with Gasteiger partial charge in [-0.1, -0.05) is 0 Å². The number of hydrogen-bond acceptors (Lipinski definition) is 4. The topological polar surface area (TPSA) is 65.4 Å². The fraction of sp³-hybridized carbons (Fsp3) is 0.250. The SMILES string of the molecule is COc1cn2c(N)c(C)nc2cn1. The fourth-order valence-corrected chi connectivity index (χ4v) is 1.18. The van der Waals surface area contributed by atoms with E-state index in [9.17, 15) is 0 Å². The third-order valence-electron chi connectivity index (χ3n) is 1.92. The van der Waals surface area contributed by atoms with Crippen molar-refractivity contribution >= 4 is 11.5 Å². The quantitative estimate of drug-likeness (QED) is 0.695. The van der Waals surface area contributed by atoms with Crippen molar-refractivity contribution in [3.8, 4) is 5.88 Å². The number of nitrogens with two attached hydrogens (primary N) is 1. The van der Waals surface area contributed by atoms with Crippen LogP contribution in [-0.4, -0.2) is 21.5 Å². The van der Waals surface area contributed by atoms with Crippen LogP contribution >= 0.6 is 0 Å². The first kappa shape index (κ1) is 7.85. The predicted molar refractivity (Wildman–Crippen MR) is 48.7 cm³/mol. The summed E-state index contributed by atoms with van der Waals surface area (Å²) < 4.78 is 6.72. The van der Waals surface area contributed by atoms with E-state index in [0.29, 0.717) is 11.7 Å². The van der Waals surface area contributed by atoms with E-state index < -0.39 is 0 Å². The van der Waals surface area contributed by atoms with E-state index in [1.54, 1.807) is 23.9 Å². The molecule has 5 heteroatoms. The van der Waals surface area contributed by atoms with Crippen LogP contribution in [0.2, 0.25) is 0 Å². The zero-order chi connectivity index (χ0) is 9.42. The van der Waals surface area contributed by atoms with Crippen molar-refractivity contribution in [3.05, 3.63) is 18.1 Å². The van der Waals surface area contributed by atoms with E-state index in [-0.39, 0.29) is 0 Å². The van der Waals surface area contributed by atoms with Crippen LogP contribution in [0.15, 0.2) is 12.4 Å². The van der Waals surface area contributed by atoms with Gasteiger partial charge in [0.2, 0.25) is 5.88 Å². The zero-order valence-electron chi connectivity index (χ0n) is 7.48. The average Bonchev–Trinajstić information content (AvgIpc) is 2.43. The van der Waals surface area contributed by atoms with Crippen molar-refractivity contribution in [2.24, 2.45) is 0 Å². The van der Waals surface area contributed by atoms with Crippen LogP contribution in [0.25, 0.3) is 5.65 Å². The number of methoxy groups -OCH3 is 1. The molecule has 0 amide bonds. The third kappa shape index (κ3) is 1.09. The van der Waals surface area contributed by atoms with Gasteiger partial charge in [-0.15, -0.1) is 0 Å². The molecule has 0 aliphatic heterocycles. The van der Waals surface area contributed by atoms with Crippen LogP contribution in [0.3, 0.4) is 0 Å². The van der Waals surface area contributed by atoms with Crippen LogP contribution in [0.1, 0.15) is 5.69 Å². The molecular weight excluding hydrogens is 168 g/mol. The first-order valence-corrected chi connectivity index (χ1v) is 3.86. The van der Waals surface area contributed by atoms with Gasteiger partial charge in [0.05, 0.1) is 25.2 Å². The summed E-state index contributed by atoms with van der Waals surface area (Å²) in [6.07, 6.45) is 3.34. The van der Waals surface area contributed by atoms with Crippen molar-refractivity contribution in [2.45, 2.75) is 6.92 Å². The molecule has 0 aromatic carbocycles. The van der Waals surface area contributed by atoms with Crippen LogP contribution in [0.4, 0.5) is 5.82 Å². The van der Waals surface area contributed by atoms with E-state index >= 15 is 0 Å². The molecule has 0 bridgehead atoms. The number of anilines is 1. The third-order valence-corrected chi connectivity index (χ3v) is 1.92. The second-order valence-electron chi connectivity index (χ2n) is 2.74. The van der Waals surface area contributed by atoms with E-state index in [0.717, 1.165) is 11.3 Å². The molecule has 0 atom stereocenters. The second-order valence-corrected chi connectivity index (χ2v) is 2.74. The van der Waals surface area contributed by atoms with Gasteiger partial charge in [-0.3, -0.25) is 4.40 Å². The molecule has 0 fully saturated rings. The Bertz CT molecular complexity index is 449. The van der Waals surface area contributed by atoms with Crippen molar-refractivity contribution in [1.82, 2.24) is 14.4 Å². The van der Waals surface area contributed by atoms with Gasteiger partial charge in [0.1, 0.15) is 5.82 Å². The number of imidazole rings is 1. The minimum Gasteiger partial charge on any atom is -0.480 e. The Labute approximate surface area is 75.2 Å². The maximum Gasteiger partial charge on any atom is 0.230 e. The van der Waals surface area contributed by atoms with Gasteiger partial charge >= 0.3 is 0 Å². The molecule has 2 aromatic heterocycles. The Morgan fingerprint density at radius 2 is 2.31 bits per heavy atom. The number of hydrogen-bond donors (Lipinski definition) is 1. The summed E-state index contributed by atoms with van der Waals surface area (Å²) in [5.74, 6) is 1.15. The minimum absolute atomic E-state index is 0.525. The minimum atomic E-state index is 0.525. The number of nitrogen functional groups attached to an aromatic ring is 1. The Balaban J connectivity index is 2.75. The first-order valence-electron chi connectivity index (χ1n) is 3.86. The molecule has 0 saturated carbocycles. The number of nitrogens with zero attached hydrogens (tertiary/aromatic N) is 3. The van der Waals surface area contributed by atoms with E-state index in [1.165, 1.54) is 0 Å². The lowest BCUT2D eigenvalue weighted by molar-refractivity contribution is 0.395. The monoisotopic (exact) mass is 178 g/mol. The number of rotatable bonds is 1. The number of aryl methyl sites for hydroxylation is 1. The second kappa shape index (κ2) is 2.62. The fourth-order valence-electron chi connectivity index (χ4n) is 1.18. The Hall–Kier alpha value is -1.78. The van der Waals surface area contributed by atoms with Gasteiger partial charge in [0.25, 0.3) is 0 Å². The van der Waals surface area contributed by atoms with Crippen LogP contribution in [-0.2, 0) is 0 Å². The van der Waals surface area contributed by atoms with Crippen molar-refractivity contribution in [1.29, 1.82) is 0 Å². The average molecular weight is 178 g/mol. The van der Waals surface area contributed by atoms with Gasteiger partial charge in [-0.25, -0.2) is 9.97 Å². The van der Waals surface area contributed by atoms with Crippen LogP contribution < -0.4 is 10.5 Å². The lowest BCUT2D eigenvalue weighted by Crippen LogP contribution is -1.96. The van der Waals surface area contributed by atoms with E-state index in [2.05, 4.69) is 9.97 Å². The standard InChI is InChI=1S/C8H10N4O/c1-5-8(9)12-4-7(13-2)10-3-6(12)11-5/h3-4H,9H2,1-2H3. The predicted octanol–water partition coefficient (Wildman–Crippen LogP) is 0.629. The summed E-state index contributed by atoms with van der Waals surface area (Å²) in [7, 11) is 1.56. The molecule has 5 nitrogen and oxygen atoms in total. The van der Waals surface area contributed by atoms with Crippen molar-refractivity contribution in [3.63, 3.8) is 0 Å². The summed E-state index contributed by atoms with van der Waals surface area (Å²) in [5, 5.41) is 0. The highest BCUT2D eigenvalue weighted by Gasteiger charge is 2.05. The number of ether oxygens (including phenoxy) is 1. The smallest absolute Gasteiger partial charge is 0.230 e. The Kier molecular flexibility index (Phi) is 1.58. The Morgan fingerprint density at radius 1 is 1.54 bits per heavy atom. The van der Waals surface area contributed by atoms with E-state index in [4.69, 9.17) is 10.5 Å². The lowest BCUT2D eigenvalue weighted by atomic mass is 10.5. The highest BCUT2D eigenvalue weighted by molar-refractivity contribution is 5.51. The molecule has 2 N–H and O–H groups in total. The van der Waals surface area contributed by atoms with Crippen LogP contribution in [0.5, 0.6) is 5.88 Å². The Morgan fingerprint density at radius 3 is 3.00 bits per heavy atom. The molecule has 2 rings (SSSR count). The summed E-state index contributed by atoms with van der Waals surface area (Å²) in [6.45, 7) is 1.86. The molecule has 0 saturated heterocycles. The molecule has 68 valence electrons. The molecule has 0 aliphatic carbocycles. The number of fused-ring (bicyclic) bond motifs is 1. The van der Waals surface area contributed by atoms with Gasteiger partial charge in [-0.05, 0) is 6.92 Å². The van der Waals surface area contributed by atoms with Gasteiger partial charge in [0, 0.05) is 0 Å². The molecular formula is C8H10N4O. The zero-order valence-corrected chi connectivity index (χ0v) is 7.48. The van der Waals surface area contributed by atoms with Crippen molar-refractivity contribution in [2.75, 3.05) is 12.8 Å². The highest BCUT2D eigenvalue weighted by Crippen LogP contribution is 2.15. The normalized spacial score (nSPS) is 10.6. The summed E-state index contributed by atoms with van der Waals surface area (Å²) in [6, 6.07) is 0. The maximum atomic E-state index is 5.78. The summed E-state index contributed by atoms with van der Waals surface area (Å²) in [5.41, 5.74) is 7.31. The molecule has 0 unspecified atom stereocenters. The molecule has 13 heavy (non-hydrogen) atoms. The summed E-state index contributed by atoms with van der Waals surface area (Å²) >= 11 is 0. The number of aromatic nitrogens is 3. The molecule has 2 heterocycles. The first-order chi connectivity index (χ1) is 6.22. The highest BCUT2D eigenvalue weighted by atomic mass is 16.5. The summed E-state index contributed by atoms with van der Waals surface area (Å²) in [4.78, 5) is 8.23. The molecule has 0 radical (unpaired) electrons.